The van der Waals surface area contributed by atoms with Crippen molar-refractivity contribution in [3.05, 3.63) is 15.6 Å². The van der Waals surface area contributed by atoms with Crippen LogP contribution >= 0.6 is 11.3 Å². The van der Waals surface area contributed by atoms with Gasteiger partial charge in [-0.15, -0.1) is 11.3 Å². The summed E-state index contributed by atoms with van der Waals surface area (Å²) in [6, 6.07) is -0.0624. The van der Waals surface area contributed by atoms with E-state index < -0.39 is 0 Å². The van der Waals surface area contributed by atoms with Gasteiger partial charge in [-0.05, 0) is 26.7 Å². The van der Waals surface area contributed by atoms with Crippen LogP contribution in [-0.4, -0.2) is 74.9 Å². The second-order valence-corrected chi connectivity index (χ2v) is 8.06. The number of carbonyl (C=O) groups is 1. The SMILES string of the molecule is CCOC(=O)c1sc(C(C)NC(=NC)NCC(C)CN2CCOCC2)nc1C. The van der Waals surface area contributed by atoms with Crippen LogP contribution in [0.1, 0.15) is 47.2 Å². The summed E-state index contributed by atoms with van der Waals surface area (Å²) in [6.07, 6.45) is 0. The van der Waals surface area contributed by atoms with Gasteiger partial charge in [0.2, 0.25) is 0 Å². The number of esters is 1. The van der Waals surface area contributed by atoms with Gasteiger partial charge in [0.15, 0.2) is 5.96 Å². The van der Waals surface area contributed by atoms with Gasteiger partial charge in [0.1, 0.15) is 9.88 Å². The minimum Gasteiger partial charge on any atom is -0.462 e. The van der Waals surface area contributed by atoms with Crippen molar-refractivity contribution < 1.29 is 14.3 Å². The number of ether oxygens (including phenoxy) is 2. The highest BCUT2D eigenvalue weighted by molar-refractivity contribution is 7.13. The van der Waals surface area contributed by atoms with Crippen molar-refractivity contribution in [1.82, 2.24) is 20.5 Å². The minimum absolute atomic E-state index is 0.0624. The molecule has 1 saturated heterocycles. The maximum atomic E-state index is 12.0. The van der Waals surface area contributed by atoms with E-state index in [4.69, 9.17) is 9.47 Å². The molecule has 0 saturated carbocycles. The average Bonchev–Trinajstić information content (AvgIpc) is 3.08. The van der Waals surface area contributed by atoms with Gasteiger partial charge in [-0.25, -0.2) is 9.78 Å². The van der Waals surface area contributed by atoms with Crippen LogP contribution in [0.15, 0.2) is 4.99 Å². The third kappa shape index (κ3) is 6.72. The molecule has 0 aliphatic carbocycles. The number of nitrogens with zero attached hydrogens (tertiary/aromatic N) is 3. The summed E-state index contributed by atoms with van der Waals surface area (Å²) in [5, 5.41) is 7.58. The molecule has 2 atom stereocenters. The Hall–Kier alpha value is -1.71. The van der Waals surface area contributed by atoms with Crippen LogP contribution in [0.2, 0.25) is 0 Å². The van der Waals surface area contributed by atoms with Crippen LogP contribution in [-0.2, 0) is 9.47 Å². The van der Waals surface area contributed by atoms with Crippen molar-refractivity contribution in [2.75, 3.05) is 53.0 Å². The van der Waals surface area contributed by atoms with E-state index >= 15 is 0 Å². The van der Waals surface area contributed by atoms with Crippen LogP contribution in [0.5, 0.6) is 0 Å². The minimum atomic E-state index is -0.310. The molecular weight excluding hydrogens is 378 g/mol. The van der Waals surface area contributed by atoms with Gasteiger partial charge in [-0.3, -0.25) is 9.89 Å². The summed E-state index contributed by atoms with van der Waals surface area (Å²) < 4.78 is 10.5. The highest BCUT2D eigenvalue weighted by Crippen LogP contribution is 2.24. The van der Waals surface area contributed by atoms with E-state index in [0.717, 1.165) is 50.4 Å². The Labute approximate surface area is 171 Å². The summed E-state index contributed by atoms with van der Waals surface area (Å²) in [7, 11) is 1.76. The number of aryl methyl sites for hydroxylation is 1. The van der Waals surface area contributed by atoms with Gasteiger partial charge >= 0.3 is 5.97 Å². The van der Waals surface area contributed by atoms with Gasteiger partial charge < -0.3 is 20.1 Å². The predicted octanol–water partition coefficient (Wildman–Crippen LogP) is 1.82. The van der Waals surface area contributed by atoms with Gasteiger partial charge in [0.25, 0.3) is 0 Å². The Kier molecular flexibility index (Phi) is 9.14. The summed E-state index contributed by atoms with van der Waals surface area (Å²) in [5.74, 6) is 0.909. The molecule has 0 aromatic carbocycles. The number of rotatable bonds is 8. The van der Waals surface area contributed by atoms with Crippen LogP contribution in [0.25, 0.3) is 0 Å². The van der Waals surface area contributed by atoms with E-state index in [9.17, 15) is 4.79 Å². The van der Waals surface area contributed by atoms with Crippen molar-refractivity contribution in [2.45, 2.75) is 33.7 Å². The number of thiazole rings is 1. The van der Waals surface area contributed by atoms with Crippen molar-refractivity contribution in [2.24, 2.45) is 10.9 Å². The van der Waals surface area contributed by atoms with E-state index in [1.807, 2.05) is 13.8 Å². The summed E-state index contributed by atoms with van der Waals surface area (Å²) in [4.78, 5) is 23.8. The zero-order chi connectivity index (χ0) is 20.5. The first kappa shape index (κ1) is 22.6. The molecule has 0 spiro atoms. The molecular formula is C19H33N5O3S. The molecule has 1 fully saturated rings. The standard InChI is InChI=1S/C19H33N5O3S/c1-6-27-18(25)16-14(3)22-17(28-16)15(4)23-19(20-5)21-11-13(2)12-24-7-9-26-10-8-24/h13,15H,6-12H2,1-5H3,(H2,20,21,23). The molecule has 28 heavy (non-hydrogen) atoms. The highest BCUT2D eigenvalue weighted by Gasteiger charge is 2.20. The summed E-state index contributed by atoms with van der Waals surface area (Å²) in [6.45, 7) is 13.7. The number of hydrogen-bond acceptors (Lipinski definition) is 7. The zero-order valence-electron chi connectivity index (χ0n) is 17.6. The molecule has 2 N–H and O–H groups in total. The predicted molar refractivity (Wildman–Crippen MR) is 112 cm³/mol. The van der Waals surface area contributed by atoms with Gasteiger partial charge in [-0.2, -0.15) is 0 Å². The Bertz CT molecular complexity index is 658. The summed E-state index contributed by atoms with van der Waals surface area (Å²) in [5.41, 5.74) is 0.703. The van der Waals surface area contributed by atoms with E-state index in [0.29, 0.717) is 23.1 Å². The molecule has 1 aliphatic rings. The van der Waals surface area contributed by atoms with E-state index in [1.54, 1.807) is 14.0 Å². The first-order valence-corrected chi connectivity index (χ1v) is 10.7. The number of morpholine rings is 1. The molecule has 1 aliphatic heterocycles. The smallest absolute Gasteiger partial charge is 0.350 e. The number of nitrogens with one attached hydrogen (secondary N) is 2. The largest absolute Gasteiger partial charge is 0.462 e. The fourth-order valence-corrected chi connectivity index (χ4v) is 3.97. The van der Waals surface area contributed by atoms with Gasteiger partial charge in [-0.1, -0.05) is 6.92 Å². The van der Waals surface area contributed by atoms with Crippen LogP contribution in [0.4, 0.5) is 0 Å². The Morgan fingerprint density at radius 3 is 2.75 bits per heavy atom. The lowest BCUT2D eigenvalue weighted by atomic mass is 10.1. The molecule has 2 unspecified atom stereocenters. The van der Waals surface area contributed by atoms with Crippen LogP contribution < -0.4 is 10.6 Å². The number of guanidine groups is 1. The molecule has 2 heterocycles. The highest BCUT2D eigenvalue weighted by atomic mass is 32.1. The lowest BCUT2D eigenvalue weighted by molar-refractivity contribution is 0.0320. The van der Waals surface area contributed by atoms with Crippen molar-refractivity contribution in [3.63, 3.8) is 0 Å². The van der Waals surface area contributed by atoms with Crippen molar-refractivity contribution in [1.29, 1.82) is 0 Å². The van der Waals surface area contributed by atoms with Crippen molar-refractivity contribution in [3.8, 4) is 0 Å². The van der Waals surface area contributed by atoms with E-state index in [-0.39, 0.29) is 12.0 Å². The Morgan fingerprint density at radius 2 is 2.11 bits per heavy atom. The number of carbonyl (C=O) groups excluding carboxylic acids is 1. The zero-order valence-corrected chi connectivity index (χ0v) is 18.4. The van der Waals surface area contributed by atoms with Crippen LogP contribution in [0.3, 0.4) is 0 Å². The molecule has 9 heteroatoms. The van der Waals surface area contributed by atoms with Crippen LogP contribution in [0, 0.1) is 12.8 Å². The monoisotopic (exact) mass is 411 g/mol. The molecule has 0 radical (unpaired) electrons. The number of hydrogen-bond donors (Lipinski definition) is 2. The maximum Gasteiger partial charge on any atom is 0.350 e. The molecule has 1 aromatic heterocycles. The Balaban J connectivity index is 1.84. The van der Waals surface area contributed by atoms with Gasteiger partial charge in [0, 0.05) is 33.2 Å². The second kappa shape index (κ2) is 11.3. The quantitative estimate of drug-likeness (QED) is 0.383. The van der Waals surface area contributed by atoms with E-state index in [1.165, 1.54) is 11.3 Å². The third-order valence-corrected chi connectivity index (χ3v) is 5.83. The number of aliphatic imine (C=N–C) groups is 1. The first-order valence-electron chi connectivity index (χ1n) is 9.86. The third-order valence-electron chi connectivity index (χ3n) is 4.51. The average molecular weight is 412 g/mol. The molecule has 2 rings (SSSR count). The fraction of sp³-hybridized carbons (Fsp3) is 0.737. The van der Waals surface area contributed by atoms with E-state index in [2.05, 4.69) is 32.4 Å². The molecule has 8 nitrogen and oxygen atoms in total. The maximum absolute atomic E-state index is 12.0. The first-order chi connectivity index (χ1) is 13.4. The second-order valence-electron chi connectivity index (χ2n) is 7.02. The lowest BCUT2D eigenvalue weighted by Gasteiger charge is -2.29. The lowest BCUT2D eigenvalue weighted by Crippen LogP contribution is -2.44. The molecule has 1 aromatic rings. The normalized spacial score (nSPS) is 17.8. The molecule has 158 valence electrons. The fourth-order valence-electron chi connectivity index (χ4n) is 3.01. The molecule has 0 amide bonds. The van der Waals surface area contributed by atoms with Crippen molar-refractivity contribution >= 4 is 23.3 Å². The number of aromatic nitrogens is 1. The van der Waals surface area contributed by atoms with Gasteiger partial charge in [0.05, 0.1) is 31.6 Å². The summed E-state index contributed by atoms with van der Waals surface area (Å²) >= 11 is 1.37. The molecule has 0 bridgehead atoms. The Morgan fingerprint density at radius 1 is 1.39 bits per heavy atom. The topological polar surface area (TPSA) is 88.1 Å².